The van der Waals surface area contributed by atoms with Gasteiger partial charge in [0, 0.05) is 23.6 Å². The molecule has 0 saturated heterocycles. The largest absolute Gasteiger partial charge is 0.490 e. The van der Waals surface area contributed by atoms with Gasteiger partial charge in [0.25, 0.3) is 0 Å². The molecule has 1 aromatic rings. The lowest BCUT2D eigenvalue weighted by molar-refractivity contribution is 0.425. The average Bonchev–Trinajstić information content (AvgIpc) is 2.28. The Morgan fingerprint density at radius 2 is 1.94 bits per heavy atom. The molecule has 0 aromatic carbocycles. The summed E-state index contributed by atoms with van der Waals surface area (Å²) in [5.41, 5.74) is 0.631. The lowest BCUT2D eigenvalue weighted by Gasteiger charge is -2.24. The first-order valence-corrected chi connectivity index (χ1v) is 6.91. The molecule has 94 valence electrons. The third-order valence-electron chi connectivity index (χ3n) is 2.91. The first-order valence-electron chi connectivity index (χ1n) is 5.26. The van der Waals surface area contributed by atoms with Crippen LogP contribution in [0.15, 0.2) is 18.5 Å². The lowest BCUT2D eigenvalue weighted by atomic mass is 9.80. The number of nitrogens with zero attached hydrogens (tertiary/aromatic N) is 1. The second kappa shape index (κ2) is 4.76. The van der Waals surface area contributed by atoms with Gasteiger partial charge < -0.3 is 10.0 Å². The van der Waals surface area contributed by atoms with Gasteiger partial charge in [-0.05, 0) is 19.4 Å². The van der Waals surface area contributed by atoms with E-state index in [0.29, 0.717) is 5.56 Å². The van der Waals surface area contributed by atoms with Gasteiger partial charge >= 0.3 is 7.12 Å². The van der Waals surface area contributed by atoms with E-state index in [1.165, 1.54) is 18.5 Å². The zero-order valence-electron chi connectivity index (χ0n) is 10.1. The van der Waals surface area contributed by atoms with E-state index < -0.39 is 21.7 Å². The van der Waals surface area contributed by atoms with Crippen molar-refractivity contribution in [2.45, 2.75) is 25.5 Å². The van der Waals surface area contributed by atoms with Crippen molar-refractivity contribution in [2.75, 3.05) is 5.75 Å². The molecule has 0 unspecified atom stereocenters. The van der Waals surface area contributed by atoms with Gasteiger partial charge in [0.2, 0.25) is 0 Å². The van der Waals surface area contributed by atoms with E-state index in [2.05, 4.69) is 4.98 Å². The standard InChI is InChI=1S/C10H16BNO4S/c1-4-17(15,16)10(2,3)8-5-9(11(13)14)7-12-6-8/h5-7,13-14H,4H2,1-3H3. The van der Waals surface area contributed by atoms with Gasteiger partial charge in [0.15, 0.2) is 9.84 Å². The fourth-order valence-corrected chi connectivity index (χ4v) is 2.66. The van der Waals surface area contributed by atoms with Crippen LogP contribution in [-0.2, 0) is 14.6 Å². The number of aromatic nitrogens is 1. The molecule has 17 heavy (non-hydrogen) atoms. The molecule has 0 aliphatic rings. The Bertz CT molecular complexity index is 499. The second-order valence-corrected chi connectivity index (χ2v) is 7.12. The maximum Gasteiger partial charge on any atom is 0.490 e. The van der Waals surface area contributed by atoms with E-state index in [9.17, 15) is 8.42 Å². The van der Waals surface area contributed by atoms with Crippen LogP contribution in [-0.4, -0.2) is 36.3 Å². The number of sulfone groups is 1. The summed E-state index contributed by atoms with van der Waals surface area (Å²) in [7, 11) is -4.95. The summed E-state index contributed by atoms with van der Waals surface area (Å²) in [5, 5.41) is 18.1. The van der Waals surface area contributed by atoms with Gasteiger partial charge in [0.1, 0.15) is 0 Å². The zero-order chi connectivity index (χ0) is 13.3. The predicted molar refractivity (Wildman–Crippen MR) is 66.5 cm³/mol. The summed E-state index contributed by atoms with van der Waals surface area (Å²) in [4.78, 5) is 3.84. The van der Waals surface area contributed by atoms with E-state index in [0.717, 1.165) is 0 Å². The minimum Gasteiger partial charge on any atom is -0.423 e. The summed E-state index contributed by atoms with van der Waals surface area (Å²) in [6.45, 7) is 4.74. The molecule has 0 aliphatic heterocycles. The van der Waals surface area contributed by atoms with Crippen LogP contribution < -0.4 is 5.46 Å². The molecule has 7 heteroatoms. The highest BCUT2D eigenvalue weighted by molar-refractivity contribution is 7.92. The van der Waals surface area contributed by atoms with E-state index in [1.807, 2.05) is 0 Å². The van der Waals surface area contributed by atoms with Crippen molar-refractivity contribution >= 4 is 22.4 Å². The predicted octanol–water partition coefficient (Wildman–Crippen LogP) is -0.569. The van der Waals surface area contributed by atoms with Crippen molar-refractivity contribution in [1.82, 2.24) is 4.98 Å². The topological polar surface area (TPSA) is 87.5 Å². The van der Waals surface area contributed by atoms with Crippen LogP contribution in [0.25, 0.3) is 0 Å². The lowest BCUT2D eigenvalue weighted by Crippen LogP contribution is -2.35. The minimum absolute atomic E-state index is 0.0197. The Balaban J connectivity index is 3.29. The molecule has 1 aromatic heterocycles. The van der Waals surface area contributed by atoms with Crippen molar-refractivity contribution in [1.29, 1.82) is 0 Å². The van der Waals surface area contributed by atoms with Crippen LogP contribution in [0.2, 0.25) is 0 Å². The first kappa shape index (κ1) is 14.1. The van der Waals surface area contributed by atoms with Crippen molar-refractivity contribution in [3.8, 4) is 0 Å². The SMILES string of the molecule is CCS(=O)(=O)C(C)(C)c1cncc(B(O)O)c1. The molecule has 0 saturated carbocycles. The van der Waals surface area contributed by atoms with Crippen LogP contribution in [0.3, 0.4) is 0 Å². The summed E-state index contributed by atoms with van der Waals surface area (Å²) < 4.78 is 22.8. The van der Waals surface area contributed by atoms with Gasteiger partial charge in [-0.15, -0.1) is 0 Å². The van der Waals surface area contributed by atoms with Crippen molar-refractivity contribution < 1.29 is 18.5 Å². The molecular weight excluding hydrogens is 241 g/mol. The fourth-order valence-electron chi connectivity index (χ4n) is 1.47. The van der Waals surface area contributed by atoms with Crippen LogP contribution in [0.1, 0.15) is 26.3 Å². The summed E-state index contributed by atoms with van der Waals surface area (Å²) in [6.07, 6.45) is 2.72. The van der Waals surface area contributed by atoms with E-state index in [-0.39, 0.29) is 11.2 Å². The maximum absolute atomic E-state index is 11.9. The fraction of sp³-hybridized carbons (Fsp3) is 0.500. The molecule has 2 N–H and O–H groups in total. The molecule has 5 nitrogen and oxygen atoms in total. The van der Waals surface area contributed by atoms with Crippen LogP contribution in [0.4, 0.5) is 0 Å². The molecular formula is C10H16BNO4S. The Kier molecular flexibility index (Phi) is 3.96. The summed E-state index contributed by atoms with van der Waals surface area (Å²) in [6, 6.07) is 1.45. The highest BCUT2D eigenvalue weighted by Gasteiger charge is 2.35. The van der Waals surface area contributed by atoms with Crippen LogP contribution in [0, 0.1) is 0 Å². The molecule has 0 atom stereocenters. The third kappa shape index (κ3) is 2.67. The van der Waals surface area contributed by atoms with Crippen LogP contribution >= 0.6 is 0 Å². The van der Waals surface area contributed by atoms with E-state index in [1.54, 1.807) is 20.8 Å². The summed E-state index contributed by atoms with van der Waals surface area (Å²) in [5.74, 6) is 0.0197. The molecule has 0 aliphatic carbocycles. The van der Waals surface area contributed by atoms with Gasteiger partial charge in [0.05, 0.1) is 4.75 Å². The van der Waals surface area contributed by atoms with Gasteiger partial charge in [-0.2, -0.15) is 0 Å². The highest BCUT2D eigenvalue weighted by atomic mass is 32.2. The first-order chi connectivity index (χ1) is 7.72. The Hall–Kier alpha value is -0.915. The number of rotatable bonds is 4. The maximum atomic E-state index is 11.9. The van der Waals surface area contributed by atoms with Crippen LogP contribution in [0.5, 0.6) is 0 Å². The molecule has 0 bridgehead atoms. The highest BCUT2D eigenvalue weighted by Crippen LogP contribution is 2.29. The zero-order valence-corrected chi connectivity index (χ0v) is 10.9. The van der Waals surface area contributed by atoms with E-state index >= 15 is 0 Å². The second-order valence-electron chi connectivity index (χ2n) is 4.29. The molecule has 0 fully saturated rings. The van der Waals surface area contributed by atoms with Crippen molar-refractivity contribution in [3.63, 3.8) is 0 Å². The van der Waals surface area contributed by atoms with Crippen molar-refractivity contribution in [3.05, 3.63) is 24.0 Å². The normalized spacial score (nSPS) is 12.5. The number of hydrogen-bond donors (Lipinski definition) is 2. The monoisotopic (exact) mass is 257 g/mol. The third-order valence-corrected chi connectivity index (χ3v) is 5.46. The number of hydrogen-bond acceptors (Lipinski definition) is 5. The summed E-state index contributed by atoms with van der Waals surface area (Å²) >= 11 is 0. The minimum atomic E-state index is -3.30. The Morgan fingerprint density at radius 3 is 2.41 bits per heavy atom. The van der Waals surface area contributed by atoms with Crippen molar-refractivity contribution in [2.24, 2.45) is 0 Å². The smallest absolute Gasteiger partial charge is 0.423 e. The van der Waals surface area contributed by atoms with Gasteiger partial charge in [-0.3, -0.25) is 4.98 Å². The molecule has 0 spiro atoms. The van der Waals surface area contributed by atoms with Gasteiger partial charge in [-0.25, -0.2) is 8.42 Å². The van der Waals surface area contributed by atoms with Gasteiger partial charge in [-0.1, -0.05) is 13.0 Å². The molecule has 0 radical (unpaired) electrons. The molecule has 1 rings (SSSR count). The quantitative estimate of drug-likeness (QED) is 0.705. The Labute approximate surface area is 102 Å². The van der Waals surface area contributed by atoms with E-state index in [4.69, 9.17) is 10.0 Å². The average molecular weight is 257 g/mol. The molecule has 1 heterocycles. The molecule has 0 amide bonds. The Morgan fingerprint density at radius 1 is 1.35 bits per heavy atom. The number of pyridine rings is 1.